The Labute approximate surface area is 120 Å². The summed E-state index contributed by atoms with van der Waals surface area (Å²) in [6, 6.07) is 3.15. The first-order valence-electron chi connectivity index (χ1n) is 5.91. The molecule has 1 aromatic rings. The predicted octanol–water partition coefficient (Wildman–Crippen LogP) is 1.53. The van der Waals surface area contributed by atoms with Gasteiger partial charge in [0, 0.05) is 18.2 Å². The number of carbonyl (C=O) groups excluding carboxylic acids is 1. The number of methoxy groups -OCH3 is 2. The van der Waals surface area contributed by atoms with Crippen molar-refractivity contribution in [1.82, 2.24) is 0 Å². The molecule has 1 N–H and O–H groups in total. The highest BCUT2D eigenvalue weighted by Crippen LogP contribution is 2.28. The average molecular weight is 302 g/mol. The SMILES string of the molecule is COCCOc1c(CS(=O)O)ccc(C(=O)OC)c1C. The fraction of sp³-hybridized carbons (Fsp3) is 0.462. The molecule has 0 bridgehead atoms. The van der Waals surface area contributed by atoms with Crippen LogP contribution in [0.15, 0.2) is 12.1 Å². The van der Waals surface area contributed by atoms with Crippen molar-refractivity contribution in [2.45, 2.75) is 12.7 Å². The molecular weight excluding hydrogens is 284 g/mol. The monoisotopic (exact) mass is 302 g/mol. The summed E-state index contributed by atoms with van der Waals surface area (Å²) in [4.78, 5) is 11.6. The molecule has 0 spiro atoms. The largest absolute Gasteiger partial charge is 0.491 e. The van der Waals surface area contributed by atoms with E-state index in [-0.39, 0.29) is 12.4 Å². The average Bonchev–Trinajstić information content (AvgIpc) is 2.41. The zero-order valence-corrected chi connectivity index (χ0v) is 12.5. The van der Waals surface area contributed by atoms with Crippen LogP contribution in [0.4, 0.5) is 0 Å². The highest BCUT2D eigenvalue weighted by Gasteiger charge is 2.17. The molecule has 6 nitrogen and oxygen atoms in total. The van der Waals surface area contributed by atoms with E-state index >= 15 is 0 Å². The molecule has 1 aromatic carbocycles. The van der Waals surface area contributed by atoms with Crippen LogP contribution < -0.4 is 4.74 Å². The van der Waals surface area contributed by atoms with E-state index in [0.717, 1.165) is 0 Å². The van der Waals surface area contributed by atoms with E-state index in [1.54, 1.807) is 26.2 Å². The van der Waals surface area contributed by atoms with Crippen LogP contribution in [-0.2, 0) is 26.3 Å². The van der Waals surface area contributed by atoms with Crippen LogP contribution in [0, 0.1) is 6.92 Å². The van der Waals surface area contributed by atoms with Gasteiger partial charge in [-0.25, -0.2) is 9.00 Å². The minimum Gasteiger partial charge on any atom is -0.491 e. The molecule has 7 heteroatoms. The maximum absolute atomic E-state index is 11.6. The van der Waals surface area contributed by atoms with E-state index in [1.807, 2.05) is 0 Å². The summed E-state index contributed by atoms with van der Waals surface area (Å²) in [5.41, 5.74) is 1.51. The van der Waals surface area contributed by atoms with Gasteiger partial charge in [-0.15, -0.1) is 0 Å². The standard InChI is InChI=1S/C13H18O6S/c1-9-11(13(14)18-3)5-4-10(8-20(15)16)12(9)19-7-6-17-2/h4-5H,6-8H2,1-3H3,(H,15,16). The van der Waals surface area contributed by atoms with Gasteiger partial charge in [0.05, 0.1) is 25.0 Å². The second-order valence-corrected chi connectivity index (χ2v) is 4.96. The highest BCUT2D eigenvalue weighted by molar-refractivity contribution is 7.78. The van der Waals surface area contributed by atoms with Crippen molar-refractivity contribution in [2.24, 2.45) is 0 Å². The van der Waals surface area contributed by atoms with Crippen molar-refractivity contribution in [3.63, 3.8) is 0 Å². The number of carbonyl (C=O) groups is 1. The summed E-state index contributed by atoms with van der Waals surface area (Å²) >= 11 is -1.99. The fourth-order valence-electron chi connectivity index (χ4n) is 1.75. The Morgan fingerprint density at radius 3 is 2.55 bits per heavy atom. The van der Waals surface area contributed by atoms with Gasteiger partial charge >= 0.3 is 5.97 Å². The van der Waals surface area contributed by atoms with E-state index in [1.165, 1.54) is 7.11 Å². The third-order valence-corrected chi connectivity index (χ3v) is 3.26. The molecule has 0 aliphatic heterocycles. The van der Waals surface area contributed by atoms with Crippen molar-refractivity contribution < 1.29 is 27.8 Å². The summed E-state index contributed by atoms with van der Waals surface area (Å²) in [6.07, 6.45) is 0. The molecule has 112 valence electrons. The number of hydrogen-bond donors (Lipinski definition) is 1. The van der Waals surface area contributed by atoms with E-state index in [0.29, 0.717) is 29.0 Å². The molecule has 0 saturated heterocycles. The van der Waals surface area contributed by atoms with Gasteiger partial charge in [-0.2, -0.15) is 0 Å². The normalized spacial score (nSPS) is 12.0. The van der Waals surface area contributed by atoms with Crippen molar-refractivity contribution in [2.75, 3.05) is 27.4 Å². The van der Waals surface area contributed by atoms with Crippen molar-refractivity contribution >= 4 is 17.0 Å². The smallest absolute Gasteiger partial charge is 0.338 e. The summed E-state index contributed by atoms with van der Waals surface area (Å²) in [5.74, 6) is -0.118. The van der Waals surface area contributed by atoms with Crippen LogP contribution in [0.2, 0.25) is 0 Å². The number of hydrogen-bond acceptors (Lipinski definition) is 5. The van der Waals surface area contributed by atoms with Gasteiger partial charge < -0.3 is 18.8 Å². The minimum absolute atomic E-state index is 0.0649. The number of benzene rings is 1. The Hall–Kier alpha value is -1.44. The minimum atomic E-state index is -1.99. The lowest BCUT2D eigenvalue weighted by Crippen LogP contribution is -2.11. The summed E-state index contributed by atoms with van der Waals surface area (Å²) in [7, 11) is 2.84. The highest BCUT2D eigenvalue weighted by atomic mass is 32.2. The molecule has 0 amide bonds. The van der Waals surface area contributed by atoms with Crippen molar-refractivity contribution in [3.05, 3.63) is 28.8 Å². The lowest BCUT2D eigenvalue weighted by molar-refractivity contribution is 0.0599. The van der Waals surface area contributed by atoms with E-state index < -0.39 is 17.0 Å². The molecule has 0 aliphatic rings. The molecule has 0 radical (unpaired) electrons. The van der Waals surface area contributed by atoms with Crippen LogP contribution in [0.5, 0.6) is 5.75 Å². The maximum atomic E-state index is 11.6. The lowest BCUT2D eigenvalue weighted by atomic mass is 10.0. The summed E-state index contributed by atoms with van der Waals surface area (Å²) in [5, 5.41) is 0. The quantitative estimate of drug-likeness (QED) is 0.467. The molecule has 0 heterocycles. The Bertz CT molecular complexity index is 500. The van der Waals surface area contributed by atoms with Gasteiger partial charge in [0.2, 0.25) is 0 Å². The second-order valence-electron chi connectivity index (χ2n) is 4.03. The van der Waals surface area contributed by atoms with Crippen LogP contribution in [0.25, 0.3) is 0 Å². The van der Waals surface area contributed by atoms with Crippen molar-refractivity contribution in [1.29, 1.82) is 0 Å². The summed E-state index contributed by atoms with van der Waals surface area (Å²) < 4.78 is 35.1. The zero-order valence-electron chi connectivity index (χ0n) is 11.7. The van der Waals surface area contributed by atoms with Crippen LogP contribution in [0.3, 0.4) is 0 Å². The molecule has 0 aliphatic carbocycles. The van der Waals surface area contributed by atoms with Gasteiger partial charge in [0.1, 0.15) is 12.4 Å². The van der Waals surface area contributed by atoms with Gasteiger partial charge in [-0.3, -0.25) is 0 Å². The summed E-state index contributed by atoms with van der Waals surface area (Å²) in [6.45, 7) is 2.37. The van der Waals surface area contributed by atoms with E-state index in [2.05, 4.69) is 0 Å². The molecule has 0 aromatic heterocycles. The van der Waals surface area contributed by atoms with Gasteiger partial charge in [-0.1, -0.05) is 6.07 Å². The molecule has 0 fully saturated rings. The zero-order chi connectivity index (χ0) is 15.1. The van der Waals surface area contributed by atoms with Gasteiger partial charge in [-0.05, 0) is 13.0 Å². The topological polar surface area (TPSA) is 82.1 Å². The molecule has 1 unspecified atom stereocenters. The van der Waals surface area contributed by atoms with Crippen molar-refractivity contribution in [3.8, 4) is 5.75 Å². The molecule has 1 atom stereocenters. The first-order valence-corrected chi connectivity index (χ1v) is 7.18. The lowest BCUT2D eigenvalue weighted by Gasteiger charge is -2.15. The van der Waals surface area contributed by atoms with Gasteiger partial charge in [0.25, 0.3) is 0 Å². The Balaban J connectivity index is 3.15. The first-order chi connectivity index (χ1) is 9.51. The second kappa shape index (κ2) is 7.98. The number of esters is 1. The third kappa shape index (κ3) is 4.29. The van der Waals surface area contributed by atoms with Crippen LogP contribution in [0.1, 0.15) is 21.5 Å². The van der Waals surface area contributed by atoms with E-state index in [4.69, 9.17) is 18.8 Å². The number of ether oxygens (including phenoxy) is 3. The Morgan fingerprint density at radius 2 is 2.00 bits per heavy atom. The fourth-order valence-corrected chi connectivity index (χ4v) is 2.25. The maximum Gasteiger partial charge on any atom is 0.338 e. The Kier molecular flexibility index (Phi) is 6.63. The molecule has 0 saturated carbocycles. The van der Waals surface area contributed by atoms with Crippen LogP contribution >= 0.6 is 0 Å². The first kappa shape index (κ1) is 16.6. The van der Waals surface area contributed by atoms with Gasteiger partial charge in [0.15, 0.2) is 11.1 Å². The third-order valence-electron chi connectivity index (χ3n) is 2.71. The molecule has 1 rings (SSSR count). The van der Waals surface area contributed by atoms with Crippen LogP contribution in [-0.4, -0.2) is 42.2 Å². The molecular formula is C13H18O6S. The number of rotatable bonds is 7. The Morgan fingerprint density at radius 1 is 1.30 bits per heavy atom. The molecule has 20 heavy (non-hydrogen) atoms. The predicted molar refractivity (Wildman–Crippen MR) is 74.4 cm³/mol. The van der Waals surface area contributed by atoms with E-state index in [9.17, 15) is 9.00 Å².